The van der Waals surface area contributed by atoms with Gasteiger partial charge in [0.25, 0.3) is 0 Å². The summed E-state index contributed by atoms with van der Waals surface area (Å²) < 4.78 is 2.43. The number of aromatic nitrogens is 3. The zero-order valence-corrected chi connectivity index (χ0v) is 30.5. The van der Waals surface area contributed by atoms with E-state index in [0.717, 1.165) is 39.6 Å². The fourth-order valence-corrected chi connectivity index (χ4v) is 8.56. The lowest BCUT2D eigenvalue weighted by Gasteiger charge is -2.30. The van der Waals surface area contributed by atoms with Crippen LogP contribution < -0.4 is 10.6 Å². The van der Waals surface area contributed by atoms with Crippen LogP contribution in [0.4, 0.5) is 5.69 Å². The van der Waals surface area contributed by atoms with Crippen molar-refractivity contribution < 1.29 is 0 Å². The minimum Gasteiger partial charge on any atom is -0.379 e. The molecular weight excluding hydrogens is 683 g/mol. The van der Waals surface area contributed by atoms with Crippen molar-refractivity contribution in [2.24, 2.45) is 0 Å². The SMILES string of the molecule is C1=CNC(c2cc(-c3ccc(-c4ccc5c(c4)c4cc6c(cc4n5-c4ccccc4)C(c4ccccc4)Nc4ccccc4-6)cc3)cc(-c3ccc[nH]3)n2)C=C1. The summed E-state index contributed by atoms with van der Waals surface area (Å²) in [5.74, 6) is 0. The second kappa shape index (κ2) is 13.2. The lowest BCUT2D eigenvalue weighted by Crippen LogP contribution is -2.18. The van der Waals surface area contributed by atoms with E-state index in [1.807, 2.05) is 24.5 Å². The Bertz CT molecular complexity index is 2960. The molecular formula is C51H37N5. The van der Waals surface area contributed by atoms with Gasteiger partial charge in [0.15, 0.2) is 0 Å². The molecule has 2 aliphatic rings. The van der Waals surface area contributed by atoms with Crippen LogP contribution in [0.3, 0.4) is 0 Å². The minimum absolute atomic E-state index is 0.0113. The van der Waals surface area contributed by atoms with E-state index in [2.05, 4.69) is 190 Å². The maximum atomic E-state index is 5.04. The molecule has 266 valence electrons. The summed E-state index contributed by atoms with van der Waals surface area (Å²) in [6.07, 6.45) is 10.1. The average Bonchev–Trinajstić information content (AvgIpc) is 3.93. The number of nitrogens with zero attached hydrogens (tertiary/aromatic N) is 2. The number of nitrogens with one attached hydrogen (secondary N) is 3. The Balaban J connectivity index is 1.05. The third-order valence-electron chi connectivity index (χ3n) is 11.3. The fourth-order valence-electron chi connectivity index (χ4n) is 8.56. The molecule has 0 spiro atoms. The van der Waals surface area contributed by atoms with Crippen molar-refractivity contribution in [1.29, 1.82) is 0 Å². The second-order valence-electron chi connectivity index (χ2n) is 14.6. The molecule has 5 heteroatoms. The molecule has 3 N–H and O–H groups in total. The van der Waals surface area contributed by atoms with E-state index in [1.54, 1.807) is 0 Å². The van der Waals surface area contributed by atoms with Gasteiger partial charge in [-0.05, 0) is 118 Å². The Hall–Kier alpha value is -7.37. The van der Waals surface area contributed by atoms with Crippen LogP contribution in [0, 0.1) is 0 Å². The Morgan fingerprint density at radius 1 is 0.554 bits per heavy atom. The van der Waals surface area contributed by atoms with Gasteiger partial charge in [-0.2, -0.15) is 0 Å². The number of anilines is 1. The number of fused-ring (bicyclic) bond motifs is 6. The zero-order valence-electron chi connectivity index (χ0n) is 30.5. The lowest BCUT2D eigenvalue weighted by atomic mass is 9.85. The highest BCUT2D eigenvalue weighted by atomic mass is 15.0. The first-order valence-corrected chi connectivity index (χ1v) is 19.2. The number of dihydropyridines is 1. The number of rotatable bonds is 6. The maximum Gasteiger partial charge on any atom is 0.0874 e. The molecule has 2 aliphatic heterocycles. The van der Waals surface area contributed by atoms with Crippen LogP contribution in [0.5, 0.6) is 0 Å². The van der Waals surface area contributed by atoms with Gasteiger partial charge in [0.1, 0.15) is 0 Å². The number of hydrogen-bond donors (Lipinski definition) is 3. The first-order valence-electron chi connectivity index (χ1n) is 19.2. The van der Waals surface area contributed by atoms with Gasteiger partial charge in [-0.25, -0.2) is 4.98 Å². The van der Waals surface area contributed by atoms with Crippen LogP contribution in [0.25, 0.3) is 72.3 Å². The molecule has 0 fully saturated rings. The number of para-hydroxylation sites is 2. The Kier molecular flexibility index (Phi) is 7.56. The molecule has 0 radical (unpaired) electrons. The molecule has 0 amide bonds. The summed E-state index contributed by atoms with van der Waals surface area (Å²) in [7, 11) is 0. The predicted octanol–water partition coefficient (Wildman–Crippen LogP) is 12.4. The smallest absolute Gasteiger partial charge is 0.0874 e. The van der Waals surface area contributed by atoms with Gasteiger partial charge in [0.2, 0.25) is 0 Å². The van der Waals surface area contributed by atoms with Crippen molar-refractivity contribution in [2.45, 2.75) is 12.1 Å². The number of aromatic amines is 1. The first-order chi connectivity index (χ1) is 27.7. The molecule has 0 saturated heterocycles. The van der Waals surface area contributed by atoms with Crippen LogP contribution in [-0.2, 0) is 0 Å². The van der Waals surface area contributed by atoms with Gasteiger partial charge < -0.3 is 20.2 Å². The second-order valence-corrected chi connectivity index (χ2v) is 14.6. The van der Waals surface area contributed by atoms with Gasteiger partial charge in [0.05, 0.1) is 40.2 Å². The van der Waals surface area contributed by atoms with E-state index >= 15 is 0 Å². The normalized spacial score (nSPS) is 15.6. The van der Waals surface area contributed by atoms with E-state index in [-0.39, 0.29) is 12.1 Å². The maximum absolute atomic E-state index is 5.04. The highest BCUT2D eigenvalue weighted by Crippen LogP contribution is 2.47. The number of pyridine rings is 1. The molecule has 9 aromatic rings. The van der Waals surface area contributed by atoms with Gasteiger partial charge in [-0.15, -0.1) is 0 Å². The van der Waals surface area contributed by atoms with E-state index in [1.165, 1.54) is 55.2 Å². The van der Waals surface area contributed by atoms with Crippen LogP contribution in [0.15, 0.2) is 194 Å². The third kappa shape index (κ3) is 5.44. The largest absolute Gasteiger partial charge is 0.379 e. The highest BCUT2D eigenvalue weighted by Gasteiger charge is 2.27. The molecule has 2 atom stereocenters. The van der Waals surface area contributed by atoms with Crippen molar-refractivity contribution in [1.82, 2.24) is 19.9 Å². The summed E-state index contributed by atoms with van der Waals surface area (Å²) in [6.45, 7) is 0. The Morgan fingerprint density at radius 3 is 2.09 bits per heavy atom. The molecule has 2 unspecified atom stereocenters. The summed E-state index contributed by atoms with van der Waals surface area (Å²) in [5, 5.41) is 9.80. The number of H-pyrrole nitrogens is 1. The Morgan fingerprint density at radius 2 is 1.30 bits per heavy atom. The highest BCUT2D eigenvalue weighted by molar-refractivity contribution is 6.12. The fraction of sp³-hybridized carbons (Fsp3) is 0.0392. The van der Waals surface area contributed by atoms with Crippen LogP contribution in [0.2, 0.25) is 0 Å². The molecule has 11 rings (SSSR count). The summed E-state index contributed by atoms with van der Waals surface area (Å²) >= 11 is 0. The van der Waals surface area contributed by atoms with Crippen molar-refractivity contribution in [3.63, 3.8) is 0 Å². The number of hydrogen-bond acceptors (Lipinski definition) is 3. The molecule has 0 saturated carbocycles. The topological polar surface area (TPSA) is 57.7 Å². The monoisotopic (exact) mass is 719 g/mol. The molecule has 6 aromatic carbocycles. The summed E-state index contributed by atoms with van der Waals surface area (Å²) in [6, 6.07) is 59.5. The molecule has 0 bridgehead atoms. The molecule has 5 heterocycles. The zero-order chi connectivity index (χ0) is 37.0. The van der Waals surface area contributed by atoms with E-state index < -0.39 is 0 Å². The molecule has 5 nitrogen and oxygen atoms in total. The Labute approximate surface area is 325 Å². The van der Waals surface area contributed by atoms with Crippen LogP contribution in [-0.4, -0.2) is 14.5 Å². The van der Waals surface area contributed by atoms with Crippen LogP contribution in [0.1, 0.15) is 28.9 Å². The van der Waals surface area contributed by atoms with E-state index in [4.69, 9.17) is 4.98 Å². The number of benzene rings is 6. The van der Waals surface area contributed by atoms with Gasteiger partial charge in [-0.1, -0.05) is 109 Å². The molecule has 56 heavy (non-hydrogen) atoms. The standard InChI is InChI=1S/C51H37N5/c1-3-12-35(13-4-1)51-43-32-50-42(31-40(43)39-16-7-8-17-44(39)55-51)41-28-36(24-25-49(41)56(50)38-14-5-2-6-15-38)33-20-22-34(23-21-33)37-29-47(45-18-9-10-26-52-45)54-48(30-37)46-19-11-27-53-46/h1-32,45,51-53,55H. The van der Waals surface area contributed by atoms with Crippen molar-refractivity contribution in [3.8, 4) is 50.5 Å². The molecule has 0 aliphatic carbocycles. The van der Waals surface area contributed by atoms with Crippen molar-refractivity contribution in [2.75, 3.05) is 5.32 Å². The summed E-state index contributed by atoms with van der Waals surface area (Å²) in [4.78, 5) is 8.39. The molecule has 3 aromatic heterocycles. The van der Waals surface area contributed by atoms with E-state index in [9.17, 15) is 0 Å². The lowest BCUT2D eigenvalue weighted by molar-refractivity contribution is 0.722. The van der Waals surface area contributed by atoms with Gasteiger partial charge in [0, 0.05) is 33.9 Å². The number of allylic oxidation sites excluding steroid dienone is 2. The predicted molar refractivity (Wildman–Crippen MR) is 231 cm³/mol. The first kappa shape index (κ1) is 32.1. The summed E-state index contributed by atoms with van der Waals surface area (Å²) in [5.41, 5.74) is 17.3. The van der Waals surface area contributed by atoms with Gasteiger partial charge >= 0.3 is 0 Å². The minimum atomic E-state index is 0.0113. The third-order valence-corrected chi connectivity index (χ3v) is 11.3. The van der Waals surface area contributed by atoms with Crippen molar-refractivity contribution >= 4 is 27.5 Å². The van der Waals surface area contributed by atoms with Crippen LogP contribution >= 0.6 is 0 Å². The quantitative estimate of drug-likeness (QED) is 0.160. The average molecular weight is 720 g/mol. The van der Waals surface area contributed by atoms with Gasteiger partial charge in [-0.3, -0.25) is 0 Å². The van der Waals surface area contributed by atoms with E-state index in [0.29, 0.717) is 0 Å². The van der Waals surface area contributed by atoms with Crippen molar-refractivity contribution in [3.05, 3.63) is 211 Å².